The molecule has 0 saturated heterocycles. The molecule has 0 amide bonds. The minimum absolute atomic E-state index is 0.000509. The second-order valence-corrected chi connectivity index (χ2v) is 4.84. The number of fused-ring (bicyclic) bond motifs is 1. The largest absolute Gasteiger partial charge is 0.374 e. The van der Waals surface area contributed by atoms with Crippen LogP contribution in [0.3, 0.4) is 0 Å². The molecule has 3 heteroatoms. The van der Waals surface area contributed by atoms with Gasteiger partial charge in [0.1, 0.15) is 5.82 Å². The predicted molar refractivity (Wildman–Crippen MR) is 73.6 cm³/mol. The number of hydrogen-bond donors (Lipinski definition) is 1. The molecule has 2 aromatic rings. The molecule has 0 saturated carbocycles. The van der Waals surface area contributed by atoms with Gasteiger partial charge in [0.15, 0.2) is 0 Å². The van der Waals surface area contributed by atoms with Crippen LogP contribution in [0.4, 0.5) is 10.1 Å². The molecule has 0 aliphatic carbocycles. The first-order valence-corrected chi connectivity index (χ1v) is 6.43. The average molecular weight is 257 g/mol. The fraction of sp³-hybridized carbons (Fsp3) is 0.250. The number of aryl methyl sites for hydroxylation is 1. The molecule has 1 atom stereocenters. The van der Waals surface area contributed by atoms with Gasteiger partial charge in [-0.25, -0.2) is 4.39 Å². The van der Waals surface area contributed by atoms with Crippen molar-refractivity contribution in [2.24, 2.45) is 0 Å². The van der Waals surface area contributed by atoms with Crippen molar-refractivity contribution in [3.63, 3.8) is 0 Å². The summed E-state index contributed by atoms with van der Waals surface area (Å²) in [4.78, 5) is 0. The van der Waals surface area contributed by atoms with E-state index in [1.54, 1.807) is 6.07 Å². The summed E-state index contributed by atoms with van der Waals surface area (Å²) in [5, 5.41) is 3.27. The van der Waals surface area contributed by atoms with E-state index in [2.05, 4.69) is 17.4 Å². The van der Waals surface area contributed by atoms with Gasteiger partial charge in [0, 0.05) is 0 Å². The first-order chi connectivity index (χ1) is 9.25. The number of anilines is 1. The molecule has 0 spiro atoms. The van der Waals surface area contributed by atoms with Crippen molar-refractivity contribution in [1.82, 2.24) is 0 Å². The van der Waals surface area contributed by atoms with Crippen molar-refractivity contribution in [2.75, 3.05) is 11.9 Å². The minimum atomic E-state index is -0.219. The van der Waals surface area contributed by atoms with E-state index in [1.807, 2.05) is 25.1 Å². The van der Waals surface area contributed by atoms with Crippen LogP contribution >= 0.6 is 0 Å². The molecule has 1 aliphatic heterocycles. The van der Waals surface area contributed by atoms with Crippen LogP contribution in [0.5, 0.6) is 0 Å². The standard InChI is InChI=1S/C16H16FNO/c1-11-5-4-8-14(17)16(11)18-15-10-19-9-12-6-2-3-7-13(12)15/h2-8,15,18H,9-10H2,1H3. The normalized spacial score (nSPS) is 17.9. The molecule has 3 rings (SSSR count). The van der Waals surface area contributed by atoms with Crippen molar-refractivity contribution >= 4 is 5.69 Å². The van der Waals surface area contributed by atoms with Crippen LogP contribution in [-0.4, -0.2) is 6.61 Å². The minimum Gasteiger partial charge on any atom is -0.374 e. The molecular weight excluding hydrogens is 241 g/mol. The van der Waals surface area contributed by atoms with Crippen molar-refractivity contribution in [2.45, 2.75) is 19.6 Å². The first kappa shape index (κ1) is 12.2. The molecule has 0 aromatic heterocycles. The Balaban J connectivity index is 1.93. The van der Waals surface area contributed by atoms with Gasteiger partial charge in [-0.3, -0.25) is 0 Å². The van der Waals surface area contributed by atoms with Gasteiger partial charge >= 0.3 is 0 Å². The fourth-order valence-electron chi connectivity index (χ4n) is 2.49. The Morgan fingerprint density at radius 2 is 2.00 bits per heavy atom. The summed E-state index contributed by atoms with van der Waals surface area (Å²) < 4.78 is 19.5. The van der Waals surface area contributed by atoms with Gasteiger partial charge in [-0.1, -0.05) is 36.4 Å². The van der Waals surface area contributed by atoms with Gasteiger partial charge < -0.3 is 10.1 Å². The summed E-state index contributed by atoms with van der Waals surface area (Å²) in [6, 6.07) is 13.2. The molecule has 0 bridgehead atoms. The molecule has 1 aliphatic rings. The number of rotatable bonds is 2. The number of hydrogen-bond acceptors (Lipinski definition) is 2. The molecule has 1 heterocycles. The van der Waals surface area contributed by atoms with E-state index >= 15 is 0 Å². The zero-order valence-electron chi connectivity index (χ0n) is 10.8. The van der Waals surface area contributed by atoms with Crippen molar-refractivity contribution in [1.29, 1.82) is 0 Å². The third kappa shape index (κ3) is 2.34. The van der Waals surface area contributed by atoms with Gasteiger partial charge in [-0.15, -0.1) is 0 Å². The quantitative estimate of drug-likeness (QED) is 0.883. The zero-order valence-corrected chi connectivity index (χ0v) is 10.8. The number of ether oxygens (including phenoxy) is 1. The van der Waals surface area contributed by atoms with Crippen LogP contribution in [-0.2, 0) is 11.3 Å². The van der Waals surface area contributed by atoms with E-state index < -0.39 is 0 Å². The van der Waals surface area contributed by atoms with E-state index in [4.69, 9.17) is 4.74 Å². The molecule has 1 N–H and O–H groups in total. The molecule has 0 radical (unpaired) electrons. The third-order valence-corrected chi connectivity index (χ3v) is 3.51. The van der Waals surface area contributed by atoms with Gasteiger partial charge in [0.25, 0.3) is 0 Å². The summed E-state index contributed by atoms with van der Waals surface area (Å²) in [5.74, 6) is -0.219. The smallest absolute Gasteiger partial charge is 0.146 e. The summed E-state index contributed by atoms with van der Waals surface area (Å²) in [6.45, 7) is 3.09. The maximum atomic E-state index is 13.9. The average Bonchev–Trinajstić information content (AvgIpc) is 2.43. The molecule has 2 aromatic carbocycles. The summed E-state index contributed by atoms with van der Waals surface area (Å²) in [7, 11) is 0. The van der Waals surface area contributed by atoms with Gasteiger partial charge in [0.2, 0.25) is 0 Å². The lowest BCUT2D eigenvalue weighted by Crippen LogP contribution is -2.23. The van der Waals surface area contributed by atoms with E-state index in [0.717, 1.165) is 5.56 Å². The topological polar surface area (TPSA) is 21.3 Å². The number of nitrogens with one attached hydrogen (secondary N) is 1. The Bertz CT molecular complexity index is 577. The summed E-state index contributed by atoms with van der Waals surface area (Å²) >= 11 is 0. The molecule has 98 valence electrons. The SMILES string of the molecule is Cc1cccc(F)c1NC1COCc2ccccc21. The lowest BCUT2D eigenvalue weighted by atomic mass is 9.98. The van der Waals surface area contributed by atoms with Crippen LogP contribution < -0.4 is 5.32 Å². The van der Waals surface area contributed by atoms with Crippen LogP contribution in [0.1, 0.15) is 22.7 Å². The van der Waals surface area contributed by atoms with Crippen molar-refractivity contribution in [3.05, 3.63) is 65.0 Å². The molecule has 1 unspecified atom stereocenters. The Labute approximate surface area is 112 Å². The Morgan fingerprint density at radius 3 is 2.84 bits per heavy atom. The van der Waals surface area contributed by atoms with Crippen LogP contribution in [0.25, 0.3) is 0 Å². The highest BCUT2D eigenvalue weighted by Crippen LogP contribution is 2.30. The molecule has 2 nitrogen and oxygen atoms in total. The maximum absolute atomic E-state index is 13.9. The lowest BCUT2D eigenvalue weighted by molar-refractivity contribution is 0.0969. The van der Waals surface area contributed by atoms with Gasteiger partial charge in [-0.05, 0) is 29.7 Å². The Morgan fingerprint density at radius 1 is 1.16 bits per heavy atom. The molecular formula is C16H16FNO. The second kappa shape index (κ2) is 5.02. The predicted octanol–water partition coefficient (Wildman–Crippen LogP) is 3.82. The third-order valence-electron chi connectivity index (χ3n) is 3.51. The molecule has 0 fully saturated rings. The second-order valence-electron chi connectivity index (χ2n) is 4.84. The highest BCUT2D eigenvalue weighted by molar-refractivity contribution is 5.54. The highest BCUT2D eigenvalue weighted by Gasteiger charge is 2.21. The van der Waals surface area contributed by atoms with E-state index in [-0.39, 0.29) is 11.9 Å². The van der Waals surface area contributed by atoms with Gasteiger partial charge in [-0.2, -0.15) is 0 Å². The Hall–Kier alpha value is -1.87. The Kier molecular flexibility index (Phi) is 3.22. The number of halogens is 1. The van der Waals surface area contributed by atoms with Crippen LogP contribution in [0.15, 0.2) is 42.5 Å². The zero-order chi connectivity index (χ0) is 13.2. The number of benzene rings is 2. The highest BCUT2D eigenvalue weighted by atomic mass is 19.1. The monoisotopic (exact) mass is 257 g/mol. The maximum Gasteiger partial charge on any atom is 0.146 e. The van der Waals surface area contributed by atoms with E-state index in [1.165, 1.54) is 17.2 Å². The fourth-order valence-corrected chi connectivity index (χ4v) is 2.49. The summed E-state index contributed by atoms with van der Waals surface area (Å²) in [6.07, 6.45) is 0. The van der Waals surface area contributed by atoms with Crippen LogP contribution in [0.2, 0.25) is 0 Å². The van der Waals surface area contributed by atoms with Gasteiger partial charge in [0.05, 0.1) is 24.9 Å². The number of para-hydroxylation sites is 1. The van der Waals surface area contributed by atoms with E-state index in [0.29, 0.717) is 18.9 Å². The van der Waals surface area contributed by atoms with E-state index in [9.17, 15) is 4.39 Å². The van der Waals surface area contributed by atoms with Crippen LogP contribution in [0, 0.1) is 12.7 Å². The molecule has 19 heavy (non-hydrogen) atoms. The summed E-state index contributed by atoms with van der Waals surface area (Å²) in [5.41, 5.74) is 3.83. The first-order valence-electron chi connectivity index (χ1n) is 6.43. The lowest BCUT2D eigenvalue weighted by Gasteiger charge is -2.28. The van der Waals surface area contributed by atoms with Crippen molar-refractivity contribution in [3.8, 4) is 0 Å². The van der Waals surface area contributed by atoms with Crippen molar-refractivity contribution < 1.29 is 9.13 Å².